The summed E-state index contributed by atoms with van der Waals surface area (Å²) in [7, 11) is 2.01. The maximum Gasteiger partial charge on any atom is 0.127 e. The zero-order chi connectivity index (χ0) is 14.6. The van der Waals surface area contributed by atoms with Gasteiger partial charge in [-0.05, 0) is 43.5 Å². The van der Waals surface area contributed by atoms with Crippen LogP contribution < -0.4 is 0 Å². The molecule has 0 spiro atoms. The van der Waals surface area contributed by atoms with Crippen LogP contribution in [0.2, 0.25) is 0 Å². The normalized spacial score (nSPS) is 26.7. The lowest BCUT2D eigenvalue weighted by molar-refractivity contribution is -0.119. The molecule has 0 bridgehead atoms. The summed E-state index contributed by atoms with van der Waals surface area (Å²) in [6.07, 6.45) is 5.47. The van der Waals surface area contributed by atoms with Crippen LogP contribution in [0.15, 0.2) is 24.3 Å². The van der Waals surface area contributed by atoms with Crippen LogP contribution in [0.5, 0.6) is 0 Å². The van der Waals surface area contributed by atoms with Crippen molar-refractivity contribution in [2.45, 2.75) is 39.2 Å². The summed E-state index contributed by atoms with van der Waals surface area (Å²) in [6, 6.07) is 6.68. The molecule has 20 heavy (non-hydrogen) atoms. The summed E-state index contributed by atoms with van der Waals surface area (Å²) in [5.74, 6) is 0.420. The first-order valence-electron chi connectivity index (χ1n) is 7.42. The van der Waals surface area contributed by atoms with Crippen molar-refractivity contribution in [3.63, 3.8) is 0 Å². The van der Waals surface area contributed by atoms with Gasteiger partial charge in [-0.1, -0.05) is 31.9 Å². The van der Waals surface area contributed by atoms with Crippen LogP contribution in [0, 0.1) is 17.2 Å². The lowest BCUT2D eigenvalue weighted by Crippen LogP contribution is -2.40. The van der Waals surface area contributed by atoms with Crippen molar-refractivity contribution < 1.29 is 9.18 Å². The fraction of sp³-hybridized carbons (Fsp3) is 0.588. The summed E-state index contributed by atoms with van der Waals surface area (Å²) in [4.78, 5) is 13.7. The maximum absolute atomic E-state index is 13.2. The molecule has 0 N–H and O–H groups in total. The van der Waals surface area contributed by atoms with Gasteiger partial charge in [0.2, 0.25) is 0 Å². The molecule has 0 radical (unpaired) electrons. The molecule has 3 heteroatoms. The molecule has 2 nitrogen and oxygen atoms in total. The molecule has 0 aliphatic heterocycles. The van der Waals surface area contributed by atoms with E-state index in [1.54, 1.807) is 12.1 Å². The molecule has 1 aliphatic rings. The minimum absolute atomic E-state index is 0.202. The summed E-state index contributed by atoms with van der Waals surface area (Å²) in [5, 5.41) is 0. The van der Waals surface area contributed by atoms with Crippen LogP contribution in [-0.4, -0.2) is 24.8 Å². The summed E-state index contributed by atoms with van der Waals surface area (Å²) in [5.41, 5.74) is 0.747. The van der Waals surface area contributed by atoms with E-state index in [9.17, 15) is 9.18 Å². The van der Waals surface area contributed by atoms with Crippen LogP contribution in [0.4, 0.5) is 4.39 Å². The van der Waals surface area contributed by atoms with E-state index in [1.165, 1.54) is 12.5 Å². The van der Waals surface area contributed by atoms with E-state index >= 15 is 0 Å². The van der Waals surface area contributed by atoms with Crippen LogP contribution in [0.3, 0.4) is 0 Å². The van der Waals surface area contributed by atoms with Crippen LogP contribution in [-0.2, 0) is 11.3 Å². The molecular weight excluding hydrogens is 253 g/mol. The Labute approximate surface area is 121 Å². The molecule has 0 heterocycles. The number of benzene rings is 1. The van der Waals surface area contributed by atoms with Crippen molar-refractivity contribution in [2.75, 3.05) is 13.6 Å². The van der Waals surface area contributed by atoms with Gasteiger partial charge in [-0.2, -0.15) is 0 Å². The molecule has 110 valence electrons. The number of nitrogens with zero attached hydrogens (tertiary/aromatic N) is 1. The van der Waals surface area contributed by atoms with Gasteiger partial charge in [0.1, 0.15) is 12.1 Å². The average molecular weight is 277 g/mol. The Balaban J connectivity index is 1.98. The van der Waals surface area contributed by atoms with Crippen molar-refractivity contribution in [1.82, 2.24) is 4.90 Å². The van der Waals surface area contributed by atoms with Crippen molar-refractivity contribution in [2.24, 2.45) is 11.3 Å². The zero-order valence-corrected chi connectivity index (χ0v) is 12.4. The van der Waals surface area contributed by atoms with Crippen molar-refractivity contribution in [3.8, 4) is 0 Å². The molecule has 0 aromatic heterocycles. The smallest absolute Gasteiger partial charge is 0.127 e. The first-order valence-corrected chi connectivity index (χ1v) is 7.42. The Morgan fingerprint density at radius 2 is 2.30 bits per heavy atom. The summed E-state index contributed by atoms with van der Waals surface area (Å²) in [6.45, 7) is 3.67. The Kier molecular flexibility index (Phi) is 4.92. The number of hydrogen-bond acceptors (Lipinski definition) is 2. The fourth-order valence-electron chi connectivity index (χ4n) is 3.53. The quantitative estimate of drug-likeness (QED) is 0.766. The Morgan fingerprint density at radius 3 is 2.95 bits per heavy atom. The third kappa shape index (κ3) is 3.89. The Bertz CT molecular complexity index is 462. The molecule has 1 aromatic carbocycles. The molecule has 2 atom stereocenters. The monoisotopic (exact) mass is 277 g/mol. The number of aldehydes is 1. The average Bonchev–Trinajstić information content (AvgIpc) is 2.38. The number of hydrogen-bond donors (Lipinski definition) is 0. The maximum atomic E-state index is 13.2. The molecule has 0 amide bonds. The minimum atomic E-state index is -0.209. The van der Waals surface area contributed by atoms with Gasteiger partial charge < -0.3 is 9.69 Å². The van der Waals surface area contributed by atoms with E-state index in [4.69, 9.17) is 0 Å². The lowest BCUT2D eigenvalue weighted by Gasteiger charge is -2.38. The third-order valence-corrected chi connectivity index (χ3v) is 4.30. The summed E-state index contributed by atoms with van der Waals surface area (Å²) < 4.78 is 13.2. The highest BCUT2D eigenvalue weighted by Gasteiger charge is 2.35. The first kappa shape index (κ1) is 15.2. The Hall–Kier alpha value is -1.22. The molecule has 2 unspecified atom stereocenters. The molecule has 1 fully saturated rings. The molecular formula is C17H24FNO. The van der Waals surface area contributed by atoms with Crippen LogP contribution in [0.25, 0.3) is 0 Å². The van der Waals surface area contributed by atoms with E-state index in [0.717, 1.165) is 37.7 Å². The second-order valence-electron chi connectivity index (χ2n) is 6.48. The van der Waals surface area contributed by atoms with E-state index in [2.05, 4.69) is 11.8 Å². The first-order chi connectivity index (χ1) is 9.53. The number of halogens is 1. The van der Waals surface area contributed by atoms with Gasteiger partial charge in [0.15, 0.2) is 0 Å². The van der Waals surface area contributed by atoms with Gasteiger partial charge in [0.25, 0.3) is 0 Å². The predicted molar refractivity (Wildman–Crippen MR) is 78.9 cm³/mol. The van der Waals surface area contributed by atoms with Gasteiger partial charge in [0, 0.05) is 18.5 Å². The summed E-state index contributed by atoms with van der Waals surface area (Å²) >= 11 is 0. The lowest BCUT2D eigenvalue weighted by atomic mass is 9.71. The zero-order valence-electron chi connectivity index (χ0n) is 12.4. The predicted octanol–water partition coefficient (Wildman–Crippen LogP) is 3.65. The van der Waals surface area contributed by atoms with Gasteiger partial charge in [-0.3, -0.25) is 0 Å². The fourth-order valence-corrected chi connectivity index (χ4v) is 3.53. The van der Waals surface area contributed by atoms with Crippen molar-refractivity contribution >= 4 is 6.29 Å². The standard InChI is InChI=1S/C17H24FNO/c1-14-5-4-8-17(10-14,13-20)12-19(2)11-15-6-3-7-16(18)9-15/h3,6-7,9,13-14H,4-5,8,10-12H2,1-2H3. The molecule has 2 rings (SSSR count). The van der Waals surface area contributed by atoms with Gasteiger partial charge in [0.05, 0.1) is 0 Å². The van der Waals surface area contributed by atoms with Crippen LogP contribution in [0.1, 0.15) is 38.2 Å². The minimum Gasteiger partial charge on any atom is -0.303 e. The van der Waals surface area contributed by atoms with Gasteiger partial charge in [-0.25, -0.2) is 4.39 Å². The highest BCUT2D eigenvalue weighted by molar-refractivity contribution is 5.60. The highest BCUT2D eigenvalue weighted by Crippen LogP contribution is 2.38. The van der Waals surface area contributed by atoms with Crippen LogP contribution >= 0.6 is 0 Å². The largest absolute Gasteiger partial charge is 0.303 e. The second kappa shape index (κ2) is 6.49. The third-order valence-electron chi connectivity index (χ3n) is 4.30. The topological polar surface area (TPSA) is 20.3 Å². The number of rotatable bonds is 5. The second-order valence-corrected chi connectivity index (χ2v) is 6.48. The molecule has 0 saturated heterocycles. The molecule has 1 aliphatic carbocycles. The van der Waals surface area contributed by atoms with E-state index in [0.29, 0.717) is 12.5 Å². The van der Waals surface area contributed by atoms with E-state index < -0.39 is 0 Å². The molecule has 1 aromatic rings. The number of carbonyl (C=O) groups excluding carboxylic acids is 1. The van der Waals surface area contributed by atoms with Crippen molar-refractivity contribution in [3.05, 3.63) is 35.6 Å². The van der Waals surface area contributed by atoms with Gasteiger partial charge in [-0.15, -0.1) is 0 Å². The Morgan fingerprint density at radius 1 is 1.50 bits per heavy atom. The SMILES string of the molecule is CC1CCCC(C=O)(CN(C)Cc2cccc(F)c2)C1. The van der Waals surface area contributed by atoms with E-state index in [-0.39, 0.29) is 11.2 Å². The number of carbonyl (C=O) groups is 1. The van der Waals surface area contributed by atoms with Crippen molar-refractivity contribution in [1.29, 1.82) is 0 Å². The molecule has 1 saturated carbocycles. The van der Waals surface area contributed by atoms with Gasteiger partial charge >= 0.3 is 0 Å². The highest BCUT2D eigenvalue weighted by atomic mass is 19.1. The van der Waals surface area contributed by atoms with E-state index in [1.807, 2.05) is 13.1 Å².